The first-order valence-electron chi connectivity index (χ1n) is 5.69. The molecule has 0 spiro atoms. The maximum absolute atomic E-state index is 11.2. The minimum absolute atomic E-state index is 0.366. The first-order chi connectivity index (χ1) is 8.20. The topological polar surface area (TPSA) is 62.7 Å². The fourth-order valence-corrected chi connectivity index (χ4v) is 2.05. The van der Waals surface area contributed by atoms with Gasteiger partial charge >= 0.3 is 5.97 Å². The molecule has 1 N–H and O–H groups in total. The van der Waals surface area contributed by atoms with Gasteiger partial charge in [-0.1, -0.05) is 0 Å². The Morgan fingerprint density at radius 1 is 1.47 bits per heavy atom. The van der Waals surface area contributed by atoms with E-state index in [0.29, 0.717) is 24.6 Å². The van der Waals surface area contributed by atoms with E-state index in [0.717, 1.165) is 18.5 Å². The van der Waals surface area contributed by atoms with Gasteiger partial charge in [-0.05, 0) is 25.0 Å². The van der Waals surface area contributed by atoms with Gasteiger partial charge in [-0.15, -0.1) is 0 Å². The second kappa shape index (κ2) is 5.25. The molecule has 0 unspecified atom stereocenters. The molecule has 0 aliphatic carbocycles. The van der Waals surface area contributed by atoms with Gasteiger partial charge in [0.15, 0.2) is 0 Å². The van der Waals surface area contributed by atoms with Crippen LogP contribution in [0.25, 0.3) is 0 Å². The van der Waals surface area contributed by atoms with Crippen LogP contribution in [-0.4, -0.2) is 41.4 Å². The average molecular weight is 236 g/mol. The van der Waals surface area contributed by atoms with Crippen LogP contribution in [0.3, 0.4) is 0 Å². The lowest BCUT2D eigenvalue weighted by molar-refractivity contribution is -0.106. The SMILES string of the molecule is COC(=O)c1ccc(C2CCN(O)CC2)nc1. The molecule has 0 bridgehead atoms. The monoisotopic (exact) mass is 236 g/mol. The Balaban J connectivity index is 2.05. The van der Waals surface area contributed by atoms with Crippen LogP contribution >= 0.6 is 0 Å². The first kappa shape index (κ1) is 12.0. The lowest BCUT2D eigenvalue weighted by atomic mass is 9.94. The number of carbonyl (C=O) groups excluding carboxylic acids is 1. The van der Waals surface area contributed by atoms with Crippen molar-refractivity contribution in [2.75, 3.05) is 20.2 Å². The van der Waals surface area contributed by atoms with Gasteiger partial charge in [0.25, 0.3) is 0 Å². The first-order valence-corrected chi connectivity index (χ1v) is 5.69. The zero-order valence-electron chi connectivity index (χ0n) is 9.80. The molecule has 1 aromatic rings. The summed E-state index contributed by atoms with van der Waals surface area (Å²) in [6.07, 6.45) is 3.33. The normalized spacial score (nSPS) is 18.0. The van der Waals surface area contributed by atoms with Gasteiger partial charge in [-0.3, -0.25) is 4.98 Å². The lowest BCUT2D eigenvalue weighted by Gasteiger charge is -2.26. The molecule has 0 aromatic carbocycles. The number of methoxy groups -OCH3 is 1. The number of pyridine rings is 1. The molecule has 2 rings (SSSR count). The molecular weight excluding hydrogens is 220 g/mol. The van der Waals surface area contributed by atoms with Crippen LogP contribution in [0.2, 0.25) is 0 Å². The maximum Gasteiger partial charge on any atom is 0.339 e. The zero-order valence-corrected chi connectivity index (χ0v) is 9.80. The minimum atomic E-state index is -0.366. The number of carbonyl (C=O) groups is 1. The van der Waals surface area contributed by atoms with E-state index in [-0.39, 0.29) is 5.97 Å². The highest BCUT2D eigenvalue weighted by molar-refractivity contribution is 5.88. The summed E-state index contributed by atoms with van der Waals surface area (Å²) in [6, 6.07) is 3.60. The Bertz CT molecular complexity index is 383. The third-order valence-corrected chi connectivity index (χ3v) is 3.10. The van der Waals surface area contributed by atoms with E-state index in [4.69, 9.17) is 0 Å². The highest BCUT2D eigenvalue weighted by Gasteiger charge is 2.20. The number of hydroxylamine groups is 2. The molecule has 1 aliphatic rings. The summed E-state index contributed by atoms with van der Waals surface area (Å²) in [6.45, 7) is 1.34. The van der Waals surface area contributed by atoms with E-state index in [1.165, 1.54) is 12.2 Å². The number of hydrogen-bond acceptors (Lipinski definition) is 5. The van der Waals surface area contributed by atoms with Gasteiger partial charge in [0.1, 0.15) is 0 Å². The van der Waals surface area contributed by atoms with Crippen LogP contribution in [0.15, 0.2) is 18.3 Å². The minimum Gasteiger partial charge on any atom is -0.465 e. The molecule has 17 heavy (non-hydrogen) atoms. The van der Waals surface area contributed by atoms with Crippen LogP contribution in [0.4, 0.5) is 0 Å². The van der Waals surface area contributed by atoms with Crippen molar-refractivity contribution in [2.24, 2.45) is 0 Å². The third-order valence-electron chi connectivity index (χ3n) is 3.10. The second-order valence-corrected chi connectivity index (χ2v) is 4.19. The predicted octanol–water partition coefficient (Wildman–Crippen LogP) is 1.44. The molecular formula is C12H16N2O3. The smallest absolute Gasteiger partial charge is 0.339 e. The zero-order chi connectivity index (χ0) is 12.3. The molecule has 0 amide bonds. The van der Waals surface area contributed by atoms with Gasteiger partial charge < -0.3 is 9.94 Å². The quantitative estimate of drug-likeness (QED) is 0.787. The van der Waals surface area contributed by atoms with Crippen molar-refractivity contribution in [1.82, 2.24) is 10.0 Å². The molecule has 1 saturated heterocycles. The highest BCUT2D eigenvalue weighted by atomic mass is 16.5. The summed E-state index contributed by atoms with van der Waals surface area (Å²) < 4.78 is 4.62. The fraction of sp³-hybridized carbons (Fsp3) is 0.500. The van der Waals surface area contributed by atoms with Crippen molar-refractivity contribution >= 4 is 5.97 Å². The van der Waals surface area contributed by atoms with Gasteiger partial charge in [-0.25, -0.2) is 4.79 Å². The Kier molecular flexibility index (Phi) is 3.71. The number of hydrogen-bond donors (Lipinski definition) is 1. The van der Waals surface area contributed by atoms with Crippen LogP contribution in [0, 0.1) is 0 Å². The van der Waals surface area contributed by atoms with E-state index >= 15 is 0 Å². The predicted molar refractivity (Wildman–Crippen MR) is 60.9 cm³/mol. The number of esters is 1. The Labute approximate surface area is 100.0 Å². The standard InChI is InChI=1S/C12H16N2O3/c1-17-12(15)10-2-3-11(13-8-10)9-4-6-14(16)7-5-9/h2-3,8-9,16H,4-7H2,1H3. The summed E-state index contributed by atoms with van der Waals surface area (Å²) in [4.78, 5) is 15.5. The Hall–Kier alpha value is -1.46. The molecule has 0 atom stereocenters. The summed E-state index contributed by atoms with van der Waals surface area (Å²) in [5.41, 5.74) is 1.45. The molecule has 0 radical (unpaired) electrons. The van der Waals surface area contributed by atoms with Crippen LogP contribution in [0.5, 0.6) is 0 Å². The number of aromatic nitrogens is 1. The van der Waals surface area contributed by atoms with Crippen LogP contribution < -0.4 is 0 Å². The number of rotatable bonds is 2. The Morgan fingerprint density at radius 3 is 2.71 bits per heavy atom. The molecule has 2 heterocycles. The van der Waals surface area contributed by atoms with E-state index in [1.54, 1.807) is 12.3 Å². The maximum atomic E-state index is 11.2. The van der Waals surface area contributed by atoms with Crippen LogP contribution in [0.1, 0.15) is 34.8 Å². The van der Waals surface area contributed by atoms with Crippen molar-refractivity contribution in [2.45, 2.75) is 18.8 Å². The summed E-state index contributed by atoms with van der Waals surface area (Å²) >= 11 is 0. The number of ether oxygens (including phenoxy) is 1. The van der Waals surface area contributed by atoms with Crippen LogP contribution in [-0.2, 0) is 4.74 Å². The molecule has 92 valence electrons. The lowest BCUT2D eigenvalue weighted by Crippen LogP contribution is -2.30. The average Bonchev–Trinajstić information content (AvgIpc) is 2.39. The van der Waals surface area contributed by atoms with Crippen molar-refractivity contribution in [3.8, 4) is 0 Å². The van der Waals surface area contributed by atoms with Crippen molar-refractivity contribution in [3.05, 3.63) is 29.6 Å². The summed E-state index contributed by atoms with van der Waals surface area (Å²) in [7, 11) is 1.35. The van der Waals surface area contributed by atoms with Crippen molar-refractivity contribution < 1.29 is 14.7 Å². The highest BCUT2D eigenvalue weighted by Crippen LogP contribution is 2.25. The van der Waals surface area contributed by atoms with Gasteiger partial charge in [0.05, 0.1) is 12.7 Å². The number of piperidine rings is 1. The van der Waals surface area contributed by atoms with E-state index < -0.39 is 0 Å². The molecule has 1 fully saturated rings. The van der Waals surface area contributed by atoms with E-state index in [9.17, 15) is 10.0 Å². The third kappa shape index (κ3) is 2.81. The van der Waals surface area contributed by atoms with E-state index in [2.05, 4.69) is 9.72 Å². The molecule has 5 nitrogen and oxygen atoms in total. The van der Waals surface area contributed by atoms with Gasteiger partial charge in [0, 0.05) is 30.9 Å². The Morgan fingerprint density at radius 2 is 2.18 bits per heavy atom. The summed E-state index contributed by atoms with van der Waals surface area (Å²) in [5, 5.41) is 10.6. The van der Waals surface area contributed by atoms with Gasteiger partial charge in [0.2, 0.25) is 0 Å². The van der Waals surface area contributed by atoms with E-state index in [1.807, 2.05) is 6.07 Å². The van der Waals surface area contributed by atoms with Crippen molar-refractivity contribution in [1.29, 1.82) is 0 Å². The van der Waals surface area contributed by atoms with Gasteiger partial charge in [-0.2, -0.15) is 5.06 Å². The summed E-state index contributed by atoms with van der Waals surface area (Å²) in [5.74, 6) is -0.000626. The second-order valence-electron chi connectivity index (χ2n) is 4.19. The number of nitrogens with zero attached hydrogens (tertiary/aromatic N) is 2. The molecule has 0 saturated carbocycles. The molecule has 1 aromatic heterocycles. The van der Waals surface area contributed by atoms with Crippen molar-refractivity contribution in [3.63, 3.8) is 0 Å². The molecule has 1 aliphatic heterocycles. The fourth-order valence-electron chi connectivity index (χ4n) is 2.05. The largest absolute Gasteiger partial charge is 0.465 e. The molecule has 5 heteroatoms.